The zero-order valence-electron chi connectivity index (χ0n) is 9.41. The molecular formula is C10H18N2O3. The number of urea groups is 1. The summed E-state index contributed by atoms with van der Waals surface area (Å²) in [6, 6.07) is -1.04. The van der Waals surface area contributed by atoms with Gasteiger partial charge in [0.25, 0.3) is 0 Å². The SMILES string of the molecule is CCC(C(=O)O)N(C)C(=O)NC1(C)CC1. The predicted molar refractivity (Wildman–Crippen MR) is 55.6 cm³/mol. The first-order chi connectivity index (χ1) is 6.89. The average Bonchev–Trinajstić information content (AvgIpc) is 2.83. The maximum absolute atomic E-state index is 11.7. The van der Waals surface area contributed by atoms with Crippen LogP contribution in [0.25, 0.3) is 0 Å². The van der Waals surface area contributed by atoms with Gasteiger partial charge in [-0.2, -0.15) is 0 Å². The van der Waals surface area contributed by atoms with E-state index < -0.39 is 12.0 Å². The minimum absolute atomic E-state index is 0.109. The Morgan fingerprint density at radius 1 is 1.53 bits per heavy atom. The Bertz CT molecular complexity index is 274. The first-order valence-electron chi connectivity index (χ1n) is 5.17. The van der Waals surface area contributed by atoms with E-state index in [2.05, 4.69) is 5.32 Å². The molecule has 15 heavy (non-hydrogen) atoms. The molecule has 0 radical (unpaired) electrons. The zero-order chi connectivity index (χ0) is 11.6. The Morgan fingerprint density at radius 2 is 2.07 bits per heavy atom. The molecule has 1 unspecified atom stereocenters. The number of amides is 2. The van der Waals surface area contributed by atoms with Crippen molar-refractivity contribution in [3.05, 3.63) is 0 Å². The summed E-state index contributed by atoms with van der Waals surface area (Å²) in [5, 5.41) is 11.7. The molecule has 0 aromatic heterocycles. The number of hydrogen-bond donors (Lipinski definition) is 2. The highest BCUT2D eigenvalue weighted by Gasteiger charge is 2.40. The lowest BCUT2D eigenvalue weighted by atomic mass is 10.2. The van der Waals surface area contributed by atoms with Gasteiger partial charge in [-0.05, 0) is 26.2 Å². The molecule has 0 aromatic rings. The van der Waals surface area contributed by atoms with Gasteiger partial charge in [0.2, 0.25) is 0 Å². The lowest BCUT2D eigenvalue weighted by molar-refractivity contribution is -0.141. The van der Waals surface area contributed by atoms with Crippen LogP contribution in [-0.4, -0.2) is 40.6 Å². The van der Waals surface area contributed by atoms with Crippen molar-refractivity contribution in [1.29, 1.82) is 0 Å². The van der Waals surface area contributed by atoms with E-state index in [1.165, 1.54) is 11.9 Å². The van der Waals surface area contributed by atoms with E-state index in [0.717, 1.165) is 12.8 Å². The molecule has 0 heterocycles. The molecule has 0 aromatic carbocycles. The maximum Gasteiger partial charge on any atom is 0.326 e. The van der Waals surface area contributed by atoms with Gasteiger partial charge >= 0.3 is 12.0 Å². The highest BCUT2D eigenvalue weighted by molar-refractivity contribution is 5.82. The van der Waals surface area contributed by atoms with Crippen LogP contribution in [0.3, 0.4) is 0 Å². The summed E-state index contributed by atoms with van der Waals surface area (Å²) in [5.74, 6) is -0.962. The van der Waals surface area contributed by atoms with Crippen LogP contribution in [0.1, 0.15) is 33.1 Å². The number of aliphatic carboxylic acids is 1. The van der Waals surface area contributed by atoms with Gasteiger partial charge in [0.05, 0.1) is 0 Å². The quantitative estimate of drug-likeness (QED) is 0.734. The second-order valence-electron chi connectivity index (χ2n) is 4.36. The van der Waals surface area contributed by atoms with Gasteiger partial charge in [-0.15, -0.1) is 0 Å². The van der Waals surface area contributed by atoms with Crippen LogP contribution in [0.15, 0.2) is 0 Å². The lowest BCUT2D eigenvalue weighted by Gasteiger charge is -2.25. The molecule has 0 spiro atoms. The fourth-order valence-electron chi connectivity index (χ4n) is 1.41. The van der Waals surface area contributed by atoms with Gasteiger partial charge in [0.15, 0.2) is 0 Å². The minimum atomic E-state index is -0.962. The summed E-state index contributed by atoms with van der Waals surface area (Å²) in [7, 11) is 1.52. The molecule has 1 atom stereocenters. The second kappa shape index (κ2) is 4.08. The molecule has 5 heteroatoms. The molecule has 1 aliphatic rings. The predicted octanol–water partition coefficient (Wildman–Crippen LogP) is 1.04. The summed E-state index contributed by atoms with van der Waals surface area (Å²) in [6.45, 7) is 3.71. The van der Waals surface area contributed by atoms with Crippen molar-refractivity contribution in [2.45, 2.75) is 44.7 Å². The smallest absolute Gasteiger partial charge is 0.326 e. The summed E-state index contributed by atoms with van der Waals surface area (Å²) in [6.07, 6.45) is 2.35. The normalized spacial score (nSPS) is 19.1. The van der Waals surface area contributed by atoms with E-state index >= 15 is 0 Å². The number of likely N-dealkylation sites (N-methyl/N-ethyl adjacent to an activating group) is 1. The van der Waals surface area contributed by atoms with Crippen LogP contribution in [0, 0.1) is 0 Å². The average molecular weight is 214 g/mol. The highest BCUT2D eigenvalue weighted by Crippen LogP contribution is 2.34. The lowest BCUT2D eigenvalue weighted by Crippen LogP contribution is -2.49. The standard InChI is InChI=1S/C10H18N2O3/c1-4-7(8(13)14)12(3)9(15)11-10(2)5-6-10/h7H,4-6H2,1-3H3,(H,11,15)(H,13,14). The molecule has 2 amide bonds. The van der Waals surface area contributed by atoms with Gasteiger partial charge in [-0.1, -0.05) is 6.92 Å². The van der Waals surface area contributed by atoms with Crippen molar-refractivity contribution in [3.8, 4) is 0 Å². The first kappa shape index (κ1) is 11.8. The number of carboxylic acids is 1. The number of hydrogen-bond acceptors (Lipinski definition) is 2. The Balaban J connectivity index is 2.53. The third kappa shape index (κ3) is 2.84. The summed E-state index contributed by atoms with van der Waals surface area (Å²) in [4.78, 5) is 23.7. The van der Waals surface area contributed by atoms with Crippen LogP contribution >= 0.6 is 0 Å². The zero-order valence-corrected chi connectivity index (χ0v) is 9.41. The monoisotopic (exact) mass is 214 g/mol. The van der Waals surface area contributed by atoms with Crippen LogP contribution in [0.5, 0.6) is 0 Å². The van der Waals surface area contributed by atoms with Crippen LogP contribution in [0.2, 0.25) is 0 Å². The molecule has 1 saturated carbocycles. The van der Waals surface area contributed by atoms with Crippen LogP contribution in [-0.2, 0) is 4.79 Å². The highest BCUT2D eigenvalue weighted by atomic mass is 16.4. The van der Waals surface area contributed by atoms with Crippen molar-refractivity contribution < 1.29 is 14.7 Å². The number of nitrogens with one attached hydrogen (secondary N) is 1. The van der Waals surface area contributed by atoms with Crippen molar-refractivity contribution in [2.24, 2.45) is 0 Å². The van der Waals surface area contributed by atoms with Crippen LogP contribution in [0.4, 0.5) is 4.79 Å². The van der Waals surface area contributed by atoms with Crippen molar-refractivity contribution in [3.63, 3.8) is 0 Å². The molecule has 0 bridgehead atoms. The third-order valence-electron chi connectivity index (χ3n) is 2.87. The van der Waals surface area contributed by atoms with E-state index in [1.807, 2.05) is 6.92 Å². The number of carboxylic acid groups (broad SMARTS) is 1. The Morgan fingerprint density at radius 3 is 2.40 bits per heavy atom. The molecule has 1 aliphatic carbocycles. The molecule has 1 rings (SSSR count). The van der Waals surface area contributed by atoms with E-state index in [1.54, 1.807) is 6.92 Å². The van der Waals surface area contributed by atoms with E-state index in [4.69, 9.17) is 5.11 Å². The topological polar surface area (TPSA) is 69.6 Å². The molecule has 2 N–H and O–H groups in total. The molecule has 0 aliphatic heterocycles. The minimum Gasteiger partial charge on any atom is -0.480 e. The number of rotatable bonds is 4. The fourth-order valence-corrected chi connectivity index (χ4v) is 1.41. The van der Waals surface area contributed by atoms with Crippen LogP contribution < -0.4 is 5.32 Å². The van der Waals surface area contributed by atoms with E-state index in [-0.39, 0.29) is 11.6 Å². The first-order valence-corrected chi connectivity index (χ1v) is 5.17. The van der Waals surface area contributed by atoms with Crippen molar-refractivity contribution >= 4 is 12.0 Å². The molecule has 86 valence electrons. The van der Waals surface area contributed by atoms with E-state index in [0.29, 0.717) is 6.42 Å². The van der Waals surface area contributed by atoms with Crippen molar-refractivity contribution in [1.82, 2.24) is 10.2 Å². The maximum atomic E-state index is 11.7. The summed E-state index contributed by atoms with van der Waals surface area (Å²) < 4.78 is 0. The Kier molecular flexibility index (Phi) is 3.21. The second-order valence-corrected chi connectivity index (χ2v) is 4.36. The summed E-state index contributed by atoms with van der Waals surface area (Å²) in [5.41, 5.74) is -0.109. The van der Waals surface area contributed by atoms with Gasteiger partial charge < -0.3 is 15.3 Å². The third-order valence-corrected chi connectivity index (χ3v) is 2.87. The van der Waals surface area contributed by atoms with Gasteiger partial charge in [0.1, 0.15) is 6.04 Å². The number of carbonyl (C=O) groups is 2. The Labute approximate surface area is 89.4 Å². The Hall–Kier alpha value is -1.26. The van der Waals surface area contributed by atoms with Crippen molar-refractivity contribution in [2.75, 3.05) is 7.05 Å². The fraction of sp³-hybridized carbons (Fsp3) is 0.800. The van der Waals surface area contributed by atoms with Gasteiger partial charge in [-0.25, -0.2) is 9.59 Å². The van der Waals surface area contributed by atoms with E-state index in [9.17, 15) is 9.59 Å². The largest absolute Gasteiger partial charge is 0.480 e. The molecule has 0 saturated heterocycles. The van der Waals surface area contributed by atoms with Gasteiger partial charge in [-0.3, -0.25) is 0 Å². The van der Waals surface area contributed by atoms with Gasteiger partial charge in [0, 0.05) is 12.6 Å². The molecule has 1 fully saturated rings. The molecule has 5 nitrogen and oxygen atoms in total. The molecular weight excluding hydrogens is 196 g/mol. The number of nitrogens with zero attached hydrogens (tertiary/aromatic N) is 1. The summed E-state index contributed by atoms with van der Waals surface area (Å²) >= 11 is 0. The number of carbonyl (C=O) groups excluding carboxylic acids is 1.